The molecule has 6 aromatic carbocycles. The maximum absolute atomic E-state index is 6.47. The molecular weight excluding hydrogens is 605 g/mol. The van der Waals surface area contributed by atoms with E-state index in [1.54, 1.807) is 0 Å². The van der Waals surface area contributed by atoms with E-state index < -0.39 is 24.3 Å². The summed E-state index contributed by atoms with van der Waals surface area (Å²) in [4.78, 5) is 0. The van der Waals surface area contributed by atoms with Crippen LogP contribution >= 0.6 is 24.3 Å². The SMILES string of the molecule is COP1N(c2ccccc2P(c2ccccc2)c2ccccc2)CCN1c1ccccc1P(c1ccccc1)c1ccccc1. The van der Waals surface area contributed by atoms with Crippen LogP contribution < -0.4 is 41.2 Å². The van der Waals surface area contributed by atoms with Gasteiger partial charge in [0.05, 0.1) is 11.4 Å². The van der Waals surface area contributed by atoms with E-state index in [0.717, 1.165) is 13.1 Å². The highest BCUT2D eigenvalue weighted by Gasteiger charge is 2.38. The first-order chi connectivity index (χ1) is 22.3. The summed E-state index contributed by atoms with van der Waals surface area (Å²) < 4.78 is 11.5. The van der Waals surface area contributed by atoms with Crippen molar-refractivity contribution in [2.45, 2.75) is 0 Å². The first kappa shape index (κ1) is 29.9. The lowest BCUT2D eigenvalue weighted by molar-refractivity contribution is 0.461. The Morgan fingerprint density at radius 2 is 0.711 bits per heavy atom. The fourth-order valence-corrected chi connectivity index (χ4v) is 13.0. The van der Waals surface area contributed by atoms with Gasteiger partial charge in [0.15, 0.2) is 0 Å². The molecule has 0 aromatic heterocycles. The molecule has 1 heterocycles. The molecule has 1 fully saturated rings. The van der Waals surface area contributed by atoms with Crippen molar-refractivity contribution in [1.29, 1.82) is 0 Å². The lowest BCUT2D eigenvalue weighted by Gasteiger charge is -2.34. The zero-order valence-electron chi connectivity index (χ0n) is 25.2. The van der Waals surface area contributed by atoms with Crippen molar-refractivity contribution in [3.05, 3.63) is 170 Å². The summed E-state index contributed by atoms with van der Waals surface area (Å²) in [5.41, 5.74) is 2.52. The van der Waals surface area contributed by atoms with E-state index in [0.29, 0.717) is 0 Å². The number of rotatable bonds is 9. The summed E-state index contributed by atoms with van der Waals surface area (Å²) >= 11 is 0. The van der Waals surface area contributed by atoms with E-state index in [1.165, 1.54) is 43.2 Å². The van der Waals surface area contributed by atoms with Crippen LogP contribution in [0.1, 0.15) is 0 Å². The van der Waals surface area contributed by atoms with Crippen LogP contribution in [0.5, 0.6) is 0 Å². The highest BCUT2D eigenvalue weighted by molar-refractivity contribution is 7.80. The van der Waals surface area contributed by atoms with Gasteiger partial charge in [-0.15, -0.1) is 0 Å². The van der Waals surface area contributed by atoms with Crippen LogP contribution in [0.3, 0.4) is 0 Å². The third-order valence-corrected chi connectivity index (χ3v) is 14.9. The fraction of sp³-hybridized carbons (Fsp3) is 0.0769. The molecule has 0 saturated carbocycles. The fourth-order valence-electron chi connectivity index (χ4n) is 6.02. The lowest BCUT2D eigenvalue weighted by atomic mass is 10.3. The quantitative estimate of drug-likeness (QED) is 0.153. The van der Waals surface area contributed by atoms with Crippen LogP contribution in [-0.4, -0.2) is 20.2 Å². The van der Waals surface area contributed by atoms with Crippen molar-refractivity contribution < 1.29 is 4.52 Å². The molecule has 0 radical (unpaired) electrons. The largest absolute Gasteiger partial charge is 0.326 e. The highest BCUT2D eigenvalue weighted by Crippen LogP contribution is 2.55. The molecule has 7 rings (SSSR count). The molecule has 0 atom stereocenters. The molecule has 0 spiro atoms. The molecule has 1 aliphatic heterocycles. The first-order valence-electron chi connectivity index (χ1n) is 15.2. The Morgan fingerprint density at radius 1 is 0.422 bits per heavy atom. The van der Waals surface area contributed by atoms with Gasteiger partial charge < -0.3 is 13.9 Å². The van der Waals surface area contributed by atoms with Crippen LogP contribution in [0, 0.1) is 0 Å². The Morgan fingerprint density at radius 3 is 1.02 bits per heavy atom. The first-order valence-corrected chi connectivity index (χ1v) is 19.1. The second kappa shape index (κ2) is 14.1. The average Bonchev–Trinajstić information content (AvgIpc) is 3.55. The Labute approximate surface area is 270 Å². The summed E-state index contributed by atoms with van der Waals surface area (Å²) in [6.45, 7) is 1.79. The van der Waals surface area contributed by atoms with Crippen LogP contribution in [0.4, 0.5) is 11.4 Å². The third kappa shape index (κ3) is 6.20. The van der Waals surface area contributed by atoms with E-state index in [1.807, 2.05) is 7.11 Å². The second-order valence-corrected chi connectivity index (χ2v) is 16.9. The van der Waals surface area contributed by atoms with Crippen molar-refractivity contribution in [1.82, 2.24) is 0 Å². The van der Waals surface area contributed by atoms with E-state index in [4.69, 9.17) is 4.52 Å². The van der Waals surface area contributed by atoms with E-state index in [2.05, 4.69) is 179 Å². The lowest BCUT2D eigenvalue weighted by Crippen LogP contribution is -2.28. The number of hydrogen-bond acceptors (Lipinski definition) is 3. The zero-order chi connectivity index (χ0) is 30.4. The van der Waals surface area contributed by atoms with Crippen molar-refractivity contribution in [2.24, 2.45) is 0 Å². The summed E-state index contributed by atoms with van der Waals surface area (Å²) in [6, 6.07) is 61.8. The summed E-state index contributed by atoms with van der Waals surface area (Å²) in [7, 11) is -0.730. The molecule has 3 nitrogen and oxygen atoms in total. The molecule has 0 bridgehead atoms. The minimum atomic E-state index is -1.09. The zero-order valence-corrected chi connectivity index (χ0v) is 27.9. The number of hydrogen-bond donors (Lipinski definition) is 0. The molecule has 6 aromatic rings. The van der Waals surface area contributed by atoms with E-state index >= 15 is 0 Å². The molecule has 0 amide bonds. The number of anilines is 2. The van der Waals surface area contributed by atoms with Gasteiger partial charge in [-0.3, -0.25) is 0 Å². The standard InChI is InChI=1S/C39H35N2OP3/c1-42-45-40(36-26-14-16-28-38(36)43(32-18-6-2-7-19-32)33-20-8-3-9-21-33)30-31-41(45)37-27-15-17-29-39(37)44(34-22-10-4-11-23-34)35-24-12-5-13-25-35/h2-29H,30-31H2,1H3. The van der Waals surface area contributed by atoms with E-state index in [9.17, 15) is 0 Å². The molecular formula is C39H35N2OP3. The molecule has 1 saturated heterocycles. The molecule has 45 heavy (non-hydrogen) atoms. The highest BCUT2D eigenvalue weighted by atomic mass is 31.2. The van der Waals surface area contributed by atoms with Gasteiger partial charge in [0, 0.05) is 30.8 Å². The van der Waals surface area contributed by atoms with Crippen LogP contribution in [0.25, 0.3) is 0 Å². The van der Waals surface area contributed by atoms with Crippen molar-refractivity contribution in [3.8, 4) is 0 Å². The minimum absolute atomic E-state index is 0.755. The Bertz CT molecular complexity index is 1610. The molecule has 0 unspecified atom stereocenters. The van der Waals surface area contributed by atoms with Crippen LogP contribution in [0.15, 0.2) is 170 Å². The minimum Gasteiger partial charge on any atom is -0.326 e. The van der Waals surface area contributed by atoms with Gasteiger partial charge in [0.25, 0.3) is 0 Å². The van der Waals surface area contributed by atoms with Gasteiger partial charge in [0.2, 0.25) is 8.45 Å². The van der Waals surface area contributed by atoms with Gasteiger partial charge in [-0.1, -0.05) is 158 Å². The van der Waals surface area contributed by atoms with Crippen LogP contribution in [-0.2, 0) is 4.52 Å². The van der Waals surface area contributed by atoms with Gasteiger partial charge in [-0.05, 0) is 49.2 Å². The molecule has 0 N–H and O–H groups in total. The molecule has 6 heteroatoms. The number of nitrogens with zero attached hydrogens (tertiary/aromatic N) is 2. The predicted molar refractivity (Wildman–Crippen MR) is 199 cm³/mol. The number of benzene rings is 6. The maximum atomic E-state index is 6.47. The van der Waals surface area contributed by atoms with Crippen molar-refractivity contribution >= 4 is 67.5 Å². The summed E-state index contributed by atoms with van der Waals surface area (Å²) in [5, 5.41) is 8.13. The van der Waals surface area contributed by atoms with Crippen LogP contribution in [0.2, 0.25) is 0 Å². The Kier molecular flexibility index (Phi) is 9.34. The smallest absolute Gasteiger partial charge is 0.248 e. The van der Waals surface area contributed by atoms with Crippen molar-refractivity contribution in [3.63, 3.8) is 0 Å². The predicted octanol–water partition coefficient (Wildman–Crippen LogP) is 7.40. The van der Waals surface area contributed by atoms with Gasteiger partial charge in [-0.2, -0.15) is 0 Å². The van der Waals surface area contributed by atoms with Crippen molar-refractivity contribution in [2.75, 3.05) is 29.5 Å². The summed E-state index contributed by atoms with van der Waals surface area (Å²) in [6.07, 6.45) is 0. The average molecular weight is 641 g/mol. The van der Waals surface area contributed by atoms with Gasteiger partial charge >= 0.3 is 0 Å². The van der Waals surface area contributed by atoms with Gasteiger partial charge in [-0.25, -0.2) is 0 Å². The Hall–Kier alpha value is -3.83. The summed E-state index contributed by atoms with van der Waals surface area (Å²) in [5.74, 6) is 0. The molecule has 0 aliphatic carbocycles. The molecule has 222 valence electrons. The number of para-hydroxylation sites is 2. The third-order valence-electron chi connectivity index (χ3n) is 7.96. The van der Waals surface area contributed by atoms with E-state index in [-0.39, 0.29) is 0 Å². The maximum Gasteiger partial charge on any atom is 0.248 e. The topological polar surface area (TPSA) is 15.7 Å². The second-order valence-electron chi connectivity index (χ2n) is 10.7. The normalized spacial score (nSPS) is 13.6. The Balaban J connectivity index is 1.31. The molecule has 1 aliphatic rings. The van der Waals surface area contributed by atoms with Gasteiger partial charge in [0.1, 0.15) is 0 Å². The monoisotopic (exact) mass is 640 g/mol.